The average Bonchev–Trinajstić information content (AvgIpc) is 3.23. The van der Waals surface area contributed by atoms with E-state index in [-0.39, 0.29) is 5.78 Å². The second-order valence-corrected chi connectivity index (χ2v) is 5.19. The second-order valence-electron chi connectivity index (χ2n) is 5.19. The molecule has 102 valence electrons. The highest BCUT2D eigenvalue weighted by Gasteiger charge is 2.32. The van der Waals surface area contributed by atoms with Crippen LogP contribution in [-0.2, 0) is 4.79 Å². The molecule has 1 atom stereocenters. The van der Waals surface area contributed by atoms with Gasteiger partial charge in [0.15, 0.2) is 5.78 Å². The monoisotopic (exact) mass is 261 g/mol. The first kappa shape index (κ1) is 13.7. The lowest BCUT2D eigenvalue weighted by Gasteiger charge is -2.23. The van der Waals surface area contributed by atoms with Gasteiger partial charge in [-0.1, -0.05) is 37.3 Å². The van der Waals surface area contributed by atoms with Gasteiger partial charge in [-0.25, -0.2) is 0 Å². The molecule has 0 heterocycles. The molecular weight excluding hydrogens is 242 g/mol. The molecule has 19 heavy (non-hydrogen) atoms. The molecule has 4 heteroatoms. The molecule has 4 nitrogen and oxygen atoms in total. The van der Waals surface area contributed by atoms with Crippen LogP contribution in [0.15, 0.2) is 30.3 Å². The van der Waals surface area contributed by atoms with Crippen molar-refractivity contribution < 1.29 is 14.7 Å². The van der Waals surface area contributed by atoms with Crippen LogP contribution < -0.4 is 0 Å². The smallest absolute Gasteiger partial charge is 0.307 e. The van der Waals surface area contributed by atoms with Crippen molar-refractivity contribution in [2.45, 2.75) is 25.8 Å². The summed E-state index contributed by atoms with van der Waals surface area (Å²) < 4.78 is 0. The Morgan fingerprint density at radius 2 is 1.95 bits per heavy atom. The maximum Gasteiger partial charge on any atom is 0.307 e. The molecule has 1 aromatic carbocycles. The van der Waals surface area contributed by atoms with E-state index < -0.39 is 11.9 Å². The maximum atomic E-state index is 12.1. The number of carbonyl (C=O) groups excluding carboxylic acids is 1. The number of ketones is 1. The minimum Gasteiger partial charge on any atom is -0.481 e. The van der Waals surface area contributed by atoms with E-state index in [0.717, 1.165) is 12.8 Å². The number of hydrogen-bond donors (Lipinski definition) is 1. The Labute approximate surface area is 113 Å². The van der Waals surface area contributed by atoms with Crippen LogP contribution in [0.2, 0.25) is 0 Å². The number of nitrogens with zero attached hydrogens (tertiary/aromatic N) is 1. The highest BCUT2D eigenvalue weighted by molar-refractivity contribution is 5.97. The van der Waals surface area contributed by atoms with E-state index in [2.05, 4.69) is 0 Å². The summed E-state index contributed by atoms with van der Waals surface area (Å²) in [7, 11) is 0. The number of rotatable bonds is 7. The lowest BCUT2D eigenvalue weighted by Crippen LogP contribution is -2.37. The van der Waals surface area contributed by atoms with Crippen LogP contribution in [0.3, 0.4) is 0 Å². The fourth-order valence-corrected chi connectivity index (χ4v) is 2.11. The highest BCUT2D eigenvalue weighted by atomic mass is 16.4. The van der Waals surface area contributed by atoms with Gasteiger partial charge in [-0.3, -0.25) is 14.5 Å². The zero-order valence-corrected chi connectivity index (χ0v) is 11.1. The van der Waals surface area contributed by atoms with E-state index in [9.17, 15) is 9.59 Å². The van der Waals surface area contributed by atoms with Gasteiger partial charge in [-0.05, 0) is 12.8 Å². The van der Waals surface area contributed by atoms with Gasteiger partial charge in [-0.15, -0.1) is 0 Å². The Kier molecular flexibility index (Phi) is 4.32. The zero-order valence-electron chi connectivity index (χ0n) is 11.1. The summed E-state index contributed by atoms with van der Waals surface area (Å²) >= 11 is 0. The van der Waals surface area contributed by atoms with E-state index in [1.807, 2.05) is 23.1 Å². The topological polar surface area (TPSA) is 57.6 Å². The first-order valence-corrected chi connectivity index (χ1v) is 6.63. The molecule has 1 aromatic rings. The van der Waals surface area contributed by atoms with Crippen molar-refractivity contribution in [1.82, 2.24) is 4.90 Å². The molecule has 0 radical (unpaired) electrons. The Hall–Kier alpha value is -1.68. The molecule has 0 saturated heterocycles. The minimum atomic E-state index is -0.808. The third-order valence-corrected chi connectivity index (χ3v) is 3.44. The number of hydrogen-bond acceptors (Lipinski definition) is 3. The first-order chi connectivity index (χ1) is 9.08. The fourth-order valence-electron chi connectivity index (χ4n) is 2.11. The van der Waals surface area contributed by atoms with Crippen molar-refractivity contribution in [2.75, 3.05) is 13.1 Å². The van der Waals surface area contributed by atoms with Crippen LogP contribution in [0.1, 0.15) is 30.1 Å². The summed E-state index contributed by atoms with van der Waals surface area (Å²) in [5.74, 6) is -1.19. The molecule has 2 rings (SSSR count). The molecule has 0 aliphatic heterocycles. The molecule has 1 fully saturated rings. The van der Waals surface area contributed by atoms with E-state index in [4.69, 9.17) is 5.11 Å². The van der Waals surface area contributed by atoms with Crippen LogP contribution in [-0.4, -0.2) is 40.9 Å². The summed E-state index contributed by atoms with van der Waals surface area (Å²) in [4.78, 5) is 25.1. The van der Waals surface area contributed by atoms with Crippen molar-refractivity contribution in [1.29, 1.82) is 0 Å². The predicted octanol–water partition coefficient (Wildman–Crippen LogP) is 2.05. The Morgan fingerprint density at radius 1 is 1.32 bits per heavy atom. The number of carboxylic acids is 1. The standard InChI is InChI=1S/C15H19NO3/c1-11(15(18)19)9-16(13-7-8-13)10-14(17)12-5-3-2-4-6-12/h2-6,11,13H,7-10H2,1H3,(H,18,19). The van der Waals surface area contributed by atoms with Crippen LogP contribution >= 0.6 is 0 Å². The normalized spacial score (nSPS) is 16.3. The summed E-state index contributed by atoms with van der Waals surface area (Å²) in [5, 5.41) is 8.97. The minimum absolute atomic E-state index is 0.0603. The van der Waals surface area contributed by atoms with E-state index in [1.54, 1.807) is 19.1 Å². The van der Waals surface area contributed by atoms with Gasteiger partial charge in [0.25, 0.3) is 0 Å². The predicted molar refractivity (Wildman–Crippen MR) is 72.2 cm³/mol. The number of carboxylic acid groups (broad SMARTS) is 1. The number of aliphatic carboxylic acids is 1. The van der Waals surface area contributed by atoms with Gasteiger partial charge < -0.3 is 5.11 Å². The third-order valence-electron chi connectivity index (χ3n) is 3.44. The van der Waals surface area contributed by atoms with Crippen LogP contribution in [0.4, 0.5) is 0 Å². The lowest BCUT2D eigenvalue weighted by molar-refractivity contribution is -0.141. The van der Waals surface area contributed by atoms with Crippen LogP contribution in [0.5, 0.6) is 0 Å². The van der Waals surface area contributed by atoms with Gasteiger partial charge in [0, 0.05) is 18.2 Å². The second kappa shape index (κ2) is 5.97. The molecule has 1 N–H and O–H groups in total. The zero-order chi connectivity index (χ0) is 13.8. The first-order valence-electron chi connectivity index (χ1n) is 6.63. The van der Waals surface area contributed by atoms with Crippen molar-refractivity contribution in [2.24, 2.45) is 5.92 Å². The van der Waals surface area contributed by atoms with E-state index in [1.165, 1.54) is 0 Å². The average molecular weight is 261 g/mol. The molecule has 1 aliphatic rings. The van der Waals surface area contributed by atoms with Crippen molar-refractivity contribution >= 4 is 11.8 Å². The Bertz CT molecular complexity index is 454. The van der Waals surface area contributed by atoms with Crippen LogP contribution in [0, 0.1) is 5.92 Å². The summed E-state index contributed by atoms with van der Waals surface area (Å²) in [6.45, 7) is 2.44. The van der Waals surface area contributed by atoms with Gasteiger partial charge >= 0.3 is 5.97 Å². The number of benzene rings is 1. The quantitative estimate of drug-likeness (QED) is 0.763. The van der Waals surface area contributed by atoms with E-state index >= 15 is 0 Å². The lowest BCUT2D eigenvalue weighted by atomic mass is 10.1. The Balaban J connectivity index is 1.97. The van der Waals surface area contributed by atoms with E-state index in [0.29, 0.717) is 24.7 Å². The van der Waals surface area contributed by atoms with Gasteiger partial charge in [-0.2, -0.15) is 0 Å². The molecule has 0 amide bonds. The third kappa shape index (κ3) is 3.89. The fraction of sp³-hybridized carbons (Fsp3) is 0.467. The van der Waals surface area contributed by atoms with Gasteiger partial charge in [0.05, 0.1) is 12.5 Å². The molecule has 0 aromatic heterocycles. The molecular formula is C15H19NO3. The summed E-state index contributed by atoms with van der Waals surface area (Å²) in [6.07, 6.45) is 2.13. The molecule has 1 unspecified atom stereocenters. The SMILES string of the molecule is CC(CN(CC(=O)c1ccccc1)C1CC1)C(=O)O. The number of Topliss-reactive ketones (excluding diaryl/α,β-unsaturated/α-hetero) is 1. The van der Waals surface area contributed by atoms with Crippen molar-refractivity contribution in [3.63, 3.8) is 0 Å². The van der Waals surface area contributed by atoms with Gasteiger partial charge in [0.1, 0.15) is 0 Å². The van der Waals surface area contributed by atoms with Crippen molar-refractivity contribution in [3.05, 3.63) is 35.9 Å². The molecule has 1 aliphatic carbocycles. The largest absolute Gasteiger partial charge is 0.481 e. The summed E-state index contributed by atoms with van der Waals surface area (Å²) in [6, 6.07) is 9.54. The van der Waals surface area contributed by atoms with Gasteiger partial charge in [0.2, 0.25) is 0 Å². The molecule has 1 saturated carbocycles. The van der Waals surface area contributed by atoms with Crippen LogP contribution in [0.25, 0.3) is 0 Å². The highest BCUT2D eigenvalue weighted by Crippen LogP contribution is 2.27. The Morgan fingerprint density at radius 3 is 2.47 bits per heavy atom. The number of carbonyl (C=O) groups is 2. The molecule has 0 spiro atoms. The van der Waals surface area contributed by atoms with Crippen molar-refractivity contribution in [3.8, 4) is 0 Å². The summed E-state index contributed by atoms with van der Waals surface area (Å²) in [5.41, 5.74) is 0.691. The maximum absolute atomic E-state index is 12.1. The molecule has 0 bridgehead atoms.